The molecule has 0 radical (unpaired) electrons. The normalized spacial score (nSPS) is 18.9. The van der Waals surface area contributed by atoms with Crippen LogP contribution >= 0.6 is 24.0 Å². The van der Waals surface area contributed by atoms with Crippen molar-refractivity contribution in [3.05, 3.63) is 53.1 Å². The van der Waals surface area contributed by atoms with Crippen molar-refractivity contribution in [1.82, 2.24) is 25.4 Å². The first kappa shape index (κ1) is 24.9. The van der Waals surface area contributed by atoms with Crippen LogP contribution in [0.4, 0.5) is 5.82 Å². The number of pyridine rings is 1. The van der Waals surface area contributed by atoms with Gasteiger partial charge in [0.05, 0.1) is 25.2 Å². The minimum absolute atomic E-state index is 0. The molecule has 0 fully saturated rings. The fourth-order valence-corrected chi connectivity index (χ4v) is 3.70. The highest BCUT2D eigenvalue weighted by Crippen LogP contribution is 2.31. The highest BCUT2D eigenvalue weighted by molar-refractivity contribution is 6.31. The summed E-state index contributed by atoms with van der Waals surface area (Å²) >= 11 is 6.41. The zero-order chi connectivity index (χ0) is 22.3. The molecule has 2 atom stereocenters. The maximum atomic E-state index is 6.41. The Morgan fingerprint density at radius 2 is 2.21 bits per heavy atom. The van der Waals surface area contributed by atoms with E-state index in [2.05, 4.69) is 37.9 Å². The molecule has 2 aromatic rings. The molecule has 4 rings (SSSR count). The van der Waals surface area contributed by atoms with Gasteiger partial charge in [-0.05, 0) is 25.6 Å². The lowest BCUT2D eigenvalue weighted by Gasteiger charge is -2.29. The number of rotatable bonds is 10. The van der Waals surface area contributed by atoms with Gasteiger partial charge in [0.15, 0.2) is 5.82 Å². The molecule has 0 bridgehead atoms. The van der Waals surface area contributed by atoms with Crippen molar-refractivity contribution in [1.29, 1.82) is 0 Å². The Balaban J connectivity index is 0.00000306. The zero-order valence-electron chi connectivity index (χ0n) is 18.6. The molecular weight excluding hydrogens is 465 g/mol. The van der Waals surface area contributed by atoms with E-state index < -0.39 is 0 Å². The Kier molecular flexibility index (Phi) is 8.99. The maximum absolute atomic E-state index is 6.41. The summed E-state index contributed by atoms with van der Waals surface area (Å²) < 4.78 is 13.6. The lowest BCUT2D eigenvalue weighted by molar-refractivity contribution is 0.232. The predicted octanol–water partition coefficient (Wildman–Crippen LogP) is 3.30. The average Bonchev–Trinajstić information content (AvgIpc) is 3.20. The van der Waals surface area contributed by atoms with Gasteiger partial charge in [0, 0.05) is 37.4 Å². The van der Waals surface area contributed by atoms with Crippen LogP contribution in [0.25, 0.3) is 0 Å². The summed E-state index contributed by atoms with van der Waals surface area (Å²) in [7, 11) is 1.88. The van der Waals surface area contributed by atoms with E-state index >= 15 is 0 Å². The zero-order valence-corrected chi connectivity index (χ0v) is 20.2. The van der Waals surface area contributed by atoms with Gasteiger partial charge in [-0.1, -0.05) is 24.6 Å². The Morgan fingerprint density at radius 3 is 2.97 bits per heavy atom. The first-order valence-corrected chi connectivity index (χ1v) is 11.1. The van der Waals surface area contributed by atoms with Gasteiger partial charge in [0.2, 0.25) is 5.88 Å². The van der Waals surface area contributed by atoms with Crippen LogP contribution in [0.1, 0.15) is 19.8 Å². The minimum atomic E-state index is -0.214. The van der Waals surface area contributed by atoms with Crippen LogP contribution in [-0.2, 0) is 7.05 Å². The highest BCUT2D eigenvalue weighted by Gasteiger charge is 2.27. The maximum Gasteiger partial charge on any atom is 0.233 e. The molecule has 178 valence electrons. The highest BCUT2D eigenvalue weighted by atomic mass is 35.5. The largest absolute Gasteiger partial charge is 0.492 e. The van der Waals surface area contributed by atoms with Crippen LogP contribution in [0.5, 0.6) is 11.6 Å². The summed E-state index contributed by atoms with van der Waals surface area (Å²) in [6.45, 7) is 4.55. The molecule has 0 saturated heterocycles. The average molecular weight is 494 g/mol. The standard InChI is InChI=1S/C22H28ClN7O2.ClH/c1-3-24-8-4-10-31-16-12-18(23)22(25-13-16)32-15-5-6-19-17(11-15)21(27-14-26-19)28-20-7-9-30(2)29-20;/h5-7,9,12-15,19,24H,3-4,8,10-11H2,1-2H3,(H,26,27)(H,28,29);1H. The summed E-state index contributed by atoms with van der Waals surface area (Å²) in [4.78, 5) is 8.86. The molecule has 0 spiro atoms. The second-order valence-corrected chi connectivity index (χ2v) is 7.93. The summed E-state index contributed by atoms with van der Waals surface area (Å²) in [5, 5.41) is 14.6. The molecular formula is C22H29Cl2N7O2. The van der Waals surface area contributed by atoms with Gasteiger partial charge in [-0.15, -0.1) is 12.4 Å². The van der Waals surface area contributed by atoms with E-state index in [1.54, 1.807) is 23.3 Å². The van der Waals surface area contributed by atoms with E-state index in [4.69, 9.17) is 21.1 Å². The molecule has 1 aliphatic heterocycles. The van der Waals surface area contributed by atoms with E-state index in [1.807, 2.05) is 31.5 Å². The van der Waals surface area contributed by atoms with Crippen LogP contribution < -0.4 is 25.4 Å². The number of nitrogens with zero attached hydrogens (tertiary/aromatic N) is 4. The Morgan fingerprint density at radius 1 is 1.33 bits per heavy atom. The van der Waals surface area contributed by atoms with Gasteiger partial charge in [-0.2, -0.15) is 5.10 Å². The van der Waals surface area contributed by atoms with E-state index in [9.17, 15) is 0 Å². The minimum Gasteiger partial charge on any atom is -0.492 e. The number of aromatic nitrogens is 3. The predicted molar refractivity (Wildman–Crippen MR) is 133 cm³/mol. The number of aliphatic imine (C=N–C) groups is 1. The number of aryl methyl sites for hydroxylation is 1. The lowest BCUT2D eigenvalue weighted by Crippen LogP contribution is -2.34. The molecule has 33 heavy (non-hydrogen) atoms. The molecule has 0 amide bonds. The number of hydrogen-bond donors (Lipinski definition) is 3. The van der Waals surface area contributed by atoms with Crippen molar-refractivity contribution in [2.24, 2.45) is 12.0 Å². The number of nitrogens with one attached hydrogen (secondary N) is 3. The Bertz CT molecular complexity index is 1020. The van der Waals surface area contributed by atoms with Crippen LogP contribution in [0.15, 0.2) is 53.1 Å². The molecule has 3 heterocycles. The first-order chi connectivity index (χ1) is 15.6. The van der Waals surface area contributed by atoms with Crippen molar-refractivity contribution in [2.75, 3.05) is 25.0 Å². The lowest BCUT2D eigenvalue weighted by atomic mass is 9.93. The number of halogens is 2. The van der Waals surface area contributed by atoms with E-state index in [1.165, 1.54) is 0 Å². The van der Waals surface area contributed by atoms with Crippen LogP contribution in [0.3, 0.4) is 0 Å². The third-order valence-corrected chi connectivity index (χ3v) is 5.35. The molecule has 3 N–H and O–H groups in total. The van der Waals surface area contributed by atoms with Crippen molar-refractivity contribution < 1.29 is 9.47 Å². The smallest absolute Gasteiger partial charge is 0.233 e. The van der Waals surface area contributed by atoms with Crippen molar-refractivity contribution in [2.45, 2.75) is 31.9 Å². The second kappa shape index (κ2) is 11.9. The van der Waals surface area contributed by atoms with E-state index in [0.717, 1.165) is 36.7 Å². The first-order valence-electron chi connectivity index (χ1n) is 10.7. The Hall–Kier alpha value is -2.75. The third kappa shape index (κ3) is 6.63. The molecule has 11 heteroatoms. The fourth-order valence-electron chi connectivity index (χ4n) is 3.50. The van der Waals surface area contributed by atoms with Gasteiger partial charge in [0.25, 0.3) is 0 Å². The molecule has 0 aromatic carbocycles. The summed E-state index contributed by atoms with van der Waals surface area (Å²) in [5.74, 6) is 2.64. The number of anilines is 1. The molecule has 2 unspecified atom stereocenters. The van der Waals surface area contributed by atoms with Gasteiger partial charge in [0.1, 0.15) is 22.7 Å². The Labute approximate surface area is 204 Å². The van der Waals surface area contributed by atoms with Gasteiger partial charge in [-0.25, -0.2) is 4.98 Å². The monoisotopic (exact) mass is 493 g/mol. The van der Waals surface area contributed by atoms with Crippen LogP contribution in [0.2, 0.25) is 5.02 Å². The molecule has 2 aromatic heterocycles. The van der Waals surface area contributed by atoms with Crippen LogP contribution in [-0.4, -0.2) is 52.9 Å². The summed E-state index contributed by atoms with van der Waals surface area (Å²) in [5.41, 5.74) is 1.09. The van der Waals surface area contributed by atoms with Gasteiger partial charge in [-0.3, -0.25) is 9.67 Å². The van der Waals surface area contributed by atoms with E-state index in [-0.39, 0.29) is 24.6 Å². The van der Waals surface area contributed by atoms with Crippen molar-refractivity contribution in [3.8, 4) is 11.6 Å². The van der Waals surface area contributed by atoms with Crippen molar-refractivity contribution >= 4 is 36.2 Å². The van der Waals surface area contributed by atoms with Crippen LogP contribution in [0, 0.1) is 0 Å². The summed E-state index contributed by atoms with van der Waals surface area (Å²) in [6.07, 6.45) is 10.6. The van der Waals surface area contributed by atoms with Crippen molar-refractivity contribution in [3.63, 3.8) is 0 Å². The molecule has 9 nitrogen and oxygen atoms in total. The molecule has 2 aliphatic rings. The number of ether oxygens (including phenoxy) is 2. The topological polar surface area (TPSA) is 97.6 Å². The van der Waals surface area contributed by atoms with E-state index in [0.29, 0.717) is 29.7 Å². The summed E-state index contributed by atoms with van der Waals surface area (Å²) in [6, 6.07) is 3.62. The number of hydrogen-bond acceptors (Lipinski definition) is 8. The SMILES string of the molecule is CCNCCCOc1cnc(OC2C=CC3N=CNC(Nc4ccn(C)n4)=C3C2)c(Cl)c1.Cl. The number of fused-ring (bicyclic) bond motifs is 1. The second-order valence-electron chi connectivity index (χ2n) is 7.53. The van der Waals surface area contributed by atoms with Gasteiger partial charge >= 0.3 is 0 Å². The molecule has 0 saturated carbocycles. The molecule has 1 aliphatic carbocycles. The van der Waals surface area contributed by atoms with Gasteiger partial charge < -0.3 is 25.4 Å². The quantitative estimate of drug-likeness (QED) is 0.345. The third-order valence-electron chi connectivity index (χ3n) is 5.08. The fraction of sp³-hybridized carbons (Fsp3) is 0.409.